The molecular formula is C15H26O2. The van der Waals surface area contributed by atoms with Crippen molar-refractivity contribution in [1.82, 2.24) is 0 Å². The molecule has 0 spiro atoms. The van der Waals surface area contributed by atoms with Gasteiger partial charge in [-0.05, 0) is 52.4 Å². The Labute approximate surface area is 105 Å². The lowest BCUT2D eigenvalue weighted by atomic mass is 9.96. The van der Waals surface area contributed by atoms with E-state index in [-0.39, 0.29) is 0 Å². The zero-order valence-electron chi connectivity index (χ0n) is 11.6. The van der Waals surface area contributed by atoms with E-state index < -0.39 is 5.97 Å². The fourth-order valence-corrected chi connectivity index (χ4v) is 1.82. The maximum atomic E-state index is 10.8. The maximum absolute atomic E-state index is 10.8. The molecule has 0 aliphatic carbocycles. The Morgan fingerprint density at radius 3 is 2.41 bits per heavy atom. The van der Waals surface area contributed by atoms with Crippen LogP contribution in [0.15, 0.2) is 23.3 Å². The lowest BCUT2D eigenvalue weighted by Gasteiger charge is -2.10. The summed E-state index contributed by atoms with van der Waals surface area (Å²) in [5.41, 5.74) is 1.92. The van der Waals surface area contributed by atoms with E-state index in [9.17, 15) is 4.79 Å². The first-order chi connectivity index (χ1) is 7.97. The van der Waals surface area contributed by atoms with Gasteiger partial charge in [-0.25, -0.2) is 4.79 Å². The summed E-state index contributed by atoms with van der Waals surface area (Å²) in [6.45, 7) is 8.28. The monoisotopic (exact) mass is 238 g/mol. The average Bonchev–Trinajstić information content (AvgIpc) is 2.23. The van der Waals surface area contributed by atoms with Crippen LogP contribution < -0.4 is 0 Å². The minimum atomic E-state index is -0.773. The van der Waals surface area contributed by atoms with Crippen LogP contribution in [0.25, 0.3) is 0 Å². The van der Waals surface area contributed by atoms with Gasteiger partial charge >= 0.3 is 5.97 Å². The van der Waals surface area contributed by atoms with Crippen LogP contribution in [-0.2, 0) is 4.79 Å². The topological polar surface area (TPSA) is 37.3 Å². The van der Waals surface area contributed by atoms with Crippen LogP contribution >= 0.6 is 0 Å². The number of carbonyl (C=O) groups is 1. The lowest BCUT2D eigenvalue weighted by molar-refractivity contribution is -0.132. The molecule has 0 heterocycles. The molecule has 1 atom stereocenters. The molecule has 0 saturated heterocycles. The van der Waals surface area contributed by atoms with Crippen LogP contribution in [0.3, 0.4) is 0 Å². The number of rotatable bonds is 8. The van der Waals surface area contributed by atoms with Crippen LogP contribution in [0.1, 0.15) is 59.8 Å². The van der Waals surface area contributed by atoms with E-state index in [1.54, 1.807) is 13.0 Å². The third-order valence-electron chi connectivity index (χ3n) is 2.98. The zero-order chi connectivity index (χ0) is 13.3. The minimum absolute atomic E-state index is 0.543. The standard InChI is InChI=1S/C15H26O2/c1-5-14(15(16)17)11-7-10-13(4)9-6-8-12(2)3/h5,8,13H,6-7,9-11H2,1-4H3,(H,16,17)/b14-5+. The van der Waals surface area contributed by atoms with Crippen molar-refractivity contribution in [3.05, 3.63) is 23.3 Å². The molecule has 0 amide bonds. The Balaban J connectivity index is 3.74. The average molecular weight is 238 g/mol. The Kier molecular flexibility index (Phi) is 8.47. The summed E-state index contributed by atoms with van der Waals surface area (Å²) in [5.74, 6) is -0.0952. The van der Waals surface area contributed by atoms with Gasteiger partial charge in [0, 0.05) is 5.57 Å². The van der Waals surface area contributed by atoms with Gasteiger partial charge in [-0.15, -0.1) is 0 Å². The Bertz CT molecular complexity index is 283. The number of hydrogen-bond donors (Lipinski definition) is 1. The largest absolute Gasteiger partial charge is 0.478 e. The highest BCUT2D eigenvalue weighted by atomic mass is 16.4. The van der Waals surface area contributed by atoms with Crippen LogP contribution in [0, 0.1) is 5.92 Å². The number of carboxylic acid groups (broad SMARTS) is 1. The number of hydrogen-bond acceptors (Lipinski definition) is 1. The lowest BCUT2D eigenvalue weighted by Crippen LogP contribution is -2.01. The van der Waals surface area contributed by atoms with Crippen LogP contribution in [0.4, 0.5) is 0 Å². The highest BCUT2D eigenvalue weighted by molar-refractivity contribution is 5.86. The molecular weight excluding hydrogens is 212 g/mol. The van der Waals surface area contributed by atoms with Crippen molar-refractivity contribution in [3.63, 3.8) is 0 Å². The van der Waals surface area contributed by atoms with Crippen molar-refractivity contribution in [3.8, 4) is 0 Å². The van der Waals surface area contributed by atoms with Gasteiger partial charge in [0.2, 0.25) is 0 Å². The van der Waals surface area contributed by atoms with Crippen molar-refractivity contribution in [2.75, 3.05) is 0 Å². The van der Waals surface area contributed by atoms with Crippen molar-refractivity contribution in [2.24, 2.45) is 5.92 Å². The molecule has 17 heavy (non-hydrogen) atoms. The van der Waals surface area contributed by atoms with Gasteiger partial charge in [0.1, 0.15) is 0 Å². The van der Waals surface area contributed by atoms with E-state index >= 15 is 0 Å². The first-order valence-corrected chi connectivity index (χ1v) is 6.49. The second-order valence-corrected chi connectivity index (χ2v) is 4.98. The highest BCUT2D eigenvalue weighted by Gasteiger charge is 2.07. The minimum Gasteiger partial charge on any atom is -0.478 e. The quantitative estimate of drug-likeness (QED) is 0.497. The molecule has 0 saturated carbocycles. The normalized spacial score (nSPS) is 13.3. The molecule has 0 fully saturated rings. The fraction of sp³-hybridized carbons (Fsp3) is 0.667. The van der Waals surface area contributed by atoms with E-state index in [0.717, 1.165) is 19.3 Å². The maximum Gasteiger partial charge on any atom is 0.331 e. The molecule has 0 aromatic carbocycles. The molecule has 2 nitrogen and oxygen atoms in total. The summed E-state index contributed by atoms with van der Waals surface area (Å²) in [6, 6.07) is 0. The van der Waals surface area contributed by atoms with E-state index in [1.807, 2.05) is 0 Å². The predicted octanol–water partition coefficient (Wildman–Crippen LogP) is 4.57. The highest BCUT2D eigenvalue weighted by Crippen LogP contribution is 2.17. The molecule has 0 aliphatic rings. The summed E-state index contributed by atoms with van der Waals surface area (Å²) >= 11 is 0. The number of aliphatic carboxylic acids is 1. The Morgan fingerprint density at radius 1 is 1.29 bits per heavy atom. The summed E-state index contributed by atoms with van der Waals surface area (Å²) < 4.78 is 0. The van der Waals surface area contributed by atoms with E-state index in [0.29, 0.717) is 17.9 Å². The molecule has 1 N–H and O–H groups in total. The smallest absolute Gasteiger partial charge is 0.331 e. The Hall–Kier alpha value is -1.05. The molecule has 0 aliphatic heterocycles. The van der Waals surface area contributed by atoms with E-state index in [2.05, 4.69) is 26.8 Å². The number of allylic oxidation sites excluding steroid dienone is 3. The summed E-state index contributed by atoms with van der Waals surface area (Å²) in [5, 5.41) is 8.86. The zero-order valence-corrected chi connectivity index (χ0v) is 11.6. The fourth-order valence-electron chi connectivity index (χ4n) is 1.82. The van der Waals surface area contributed by atoms with Gasteiger partial charge < -0.3 is 5.11 Å². The second-order valence-electron chi connectivity index (χ2n) is 4.98. The summed E-state index contributed by atoms with van der Waals surface area (Å²) in [4.78, 5) is 10.8. The van der Waals surface area contributed by atoms with Gasteiger partial charge in [0.25, 0.3) is 0 Å². The molecule has 0 rings (SSSR count). The van der Waals surface area contributed by atoms with Gasteiger partial charge in [-0.2, -0.15) is 0 Å². The third kappa shape index (κ3) is 8.73. The van der Waals surface area contributed by atoms with Crippen molar-refractivity contribution >= 4 is 5.97 Å². The van der Waals surface area contributed by atoms with Crippen LogP contribution in [0.2, 0.25) is 0 Å². The molecule has 1 unspecified atom stereocenters. The SMILES string of the molecule is C/C=C(\CCCC(C)CCC=C(C)C)C(=O)O. The molecule has 0 aromatic heterocycles. The second kappa shape index (κ2) is 9.03. The van der Waals surface area contributed by atoms with Crippen molar-refractivity contribution in [1.29, 1.82) is 0 Å². The van der Waals surface area contributed by atoms with Gasteiger partial charge in [0.05, 0.1) is 0 Å². The Morgan fingerprint density at radius 2 is 1.94 bits per heavy atom. The van der Waals surface area contributed by atoms with Crippen molar-refractivity contribution < 1.29 is 9.90 Å². The molecule has 0 radical (unpaired) electrons. The molecule has 2 heteroatoms. The molecule has 0 aromatic rings. The third-order valence-corrected chi connectivity index (χ3v) is 2.98. The number of carboxylic acids is 1. The summed E-state index contributed by atoms with van der Waals surface area (Å²) in [7, 11) is 0. The van der Waals surface area contributed by atoms with Crippen LogP contribution in [0.5, 0.6) is 0 Å². The van der Waals surface area contributed by atoms with Gasteiger partial charge in [-0.3, -0.25) is 0 Å². The van der Waals surface area contributed by atoms with Crippen molar-refractivity contribution in [2.45, 2.75) is 59.8 Å². The molecule has 98 valence electrons. The molecule has 0 bridgehead atoms. The first-order valence-electron chi connectivity index (χ1n) is 6.49. The van der Waals surface area contributed by atoms with Crippen LogP contribution in [-0.4, -0.2) is 11.1 Å². The van der Waals surface area contributed by atoms with Gasteiger partial charge in [0.15, 0.2) is 0 Å². The van der Waals surface area contributed by atoms with E-state index in [1.165, 1.54) is 12.0 Å². The summed E-state index contributed by atoms with van der Waals surface area (Å²) in [6.07, 6.45) is 9.09. The van der Waals surface area contributed by atoms with Gasteiger partial charge in [-0.1, -0.05) is 31.1 Å². The first kappa shape index (κ1) is 16.0. The van der Waals surface area contributed by atoms with E-state index in [4.69, 9.17) is 5.11 Å². The predicted molar refractivity (Wildman–Crippen MR) is 73.1 cm³/mol.